The van der Waals surface area contributed by atoms with E-state index in [1.807, 2.05) is 0 Å². The van der Waals surface area contributed by atoms with Crippen molar-refractivity contribution in [3.8, 4) is 0 Å². The number of ether oxygens (including phenoxy) is 4. The van der Waals surface area contributed by atoms with E-state index < -0.39 is 91.7 Å². The van der Waals surface area contributed by atoms with Crippen molar-refractivity contribution >= 4 is 0 Å². The van der Waals surface area contributed by atoms with Crippen molar-refractivity contribution in [2.45, 2.75) is 98.2 Å². The van der Waals surface area contributed by atoms with Gasteiger partial charge in [-0.05, 0) is 13.5 Å². The van der Waals surface area contributed by atoms with Gasteiger partial charge in [-0.2, -0.15) is 0 Å². The van der Waals surface area contributed by atoms with Gasteiger partial charge in [0, 0.05) is 25.2 Å². The highest BCUT2D eigenvalue weighted by molar-refractivity contribution is 5.01. The van der Waals surface area contributed by atoms with Crippen molar-refractivity contribution in [2.75, 3.05) is 20.1 Å². The topological polar surface area (TPSA) is 274 Å². The van der Waals surface area contributed by atoms with Gasteiger partial charge >= 0.3 is 0 Å². The molecule has 2 heterocycles. The molecule has 15 heteroatoms. The van der Waals surface area contributed by atoms with Crippen LogP contribution in [0.15, 0.2) is 0 Å². The van der Waals surface area contributed by atoms with Crippen LogP contribution in [0.3, 0.4) is 0 Å². The molecule has 3 fully saturated rings. The third-order valence-electron chi connectivity index (χ3n) is 6.71. The lowest BCUT2D eigenvalue weighted by Gasteiger charge is -2.48. The first-order valence-electron chi connectivity index (χ1n) is 11.3. The Morgan fingerprint density at radius 1 is 0.735 bits per heavy atom. The Hall–Kier alpha value is -0.600. The highest BCUT2D eigenvalue weighted by Gasteiger charge is 2.51. The maximum Gasteiger partial charge on any atom is 0.187 e. The van der Waals surface area contributed by atoms with Gasteiger partial charge in [-0.3, -0.25) is 0 Å². The number of nitrogens with one attached hydrogen (secondary N) is 1. The quantitative estimate of drug-likeness (QED) is 0.156. The highest BCUT2D eigenvalue weighted by Crippen LogP contribution is 2.31. The van der Waals surface area contributed by atoms with Crippen molar-refractivity contribution < 1.29 is 49.6 Å². The molecule has 2 aliphatic heterocycles. The average molecular weight is 498 g/mol. The maximum atomic E-state index is 11.0. The second kappa shape index (κ2) is 11.6. The fourth-order valence-corrected chi connectivity index (χ4v) is 4.62. The Morgan fingerprint density at radius 3 is 1.79 bits per heavy atom. The van der Waals surface area contributed by atoms with Crippen LogP contribution in [-0.2, 0) is 18.9 Å². The normalized spacial score (nSPS) is 52.5. The molecule has 0 radical (unpaired) electrons. The summed E-state index contributed by atoms with van der Waals surface area (Å²) in [6, 6.07) is -2.66. The molecule has 200 valence electrons. The zero-order valence-electron chi connectivity index (χ0n) is 18.9. The Bertz CT molecular complexity index is 653. The largest absolute Gasteiger partial charge is 0.389 e. The van der Waals surface area contributed by atoms with Gasteiger partial charge < -0.3 is 77.8 Å². The number of aliphatic hydroxyl groups excluding tert-OH is 6. The van der Waals surface area contributed by atoms with Gasteiger partial charge in [0.15, 0.2) is 12.6 Å². The molecular formula is C19H39N5O10. The molecule has 15 N–H and O–H groups in total. The predicted octanol–water partition coefficient (Wildman–Crippen LogP) is -7.06. The molecule has 1 saturated carbocycles. The van der Waals surface area contributed by atoms with Crippen LogP contribution < -0.4 is 28.3 Å². The molecule has 3 rings (SSSR count). The summed E-state index contributed by atoms with van der Waals surface area (Å²) in [5.74, 6) is 0. The molecule has 1 aliphatic carbocycles. The monoisotopic (exact) mass is 497 g/mol. The minimum atomic E-state index is -1.64. The molecular weight excluding hydrogens is 458 g/mol. The average Bonchev–Trinajstić information content (AvgIpc) is 2.80. The third kappa shape index (κ3) is 5.54. The van der Waals surface area contributed by atoms with Gasteiger partial charge in [0.2, 0.25) is 0 Å². The molecule has 0 aromatic carbocycles. The molecule has 0 bridgehead atoms. The summed E-state index contributed by atoms with van der Waals surface area (Å²) in [5.41, 5.74) is 23.8. The van der Waals surface area contributed by atoms with E-state index in [2.05, 4.69) is 5.32 Å². The van der Waals surface area contributed by atoms with Crippen LogP contribution in [-0.4, -0.2) is 143 Å². The van der Waals surface area contributed by atoms with E-state index in [-0.39, 0.29) is 19.5 Å². The van der Waals surface area contributed by atoms with Crippen molar-refractivity contribution in [1.82, 2.24) is 5.32 Å². The molecule has 15 nitrogen and oxygen atoms in total. The van der Waals surface area contributed by atoms with E-state index in [0.717, 1.165) is 0 Å². The van der Waals surface area contributed by atoms with E-state index in [0.29, 0.717) is 0 Å². The maximum absolute atomic E-state index is 11.0. The van der Waals surface area contributed by atoms with Crippen LogP contribution in [0.4, 0.5) is 0 Å². The van der Waals surface area contributed by atoms with Gasteiger partial charge in [-0.25, -0.2) is 0 Å². The molecule has 14 unspecified atom stereocenters. The standard InChI is InChI=1S/C19H39N5O10/c1-24-4-8-10(25)9(23)12(27)18(32-8)33-16-5(21)2-6(22)17(15(16)30)34-19-14(29)13(28)11(26)7(3-20)31-19/h5-19,24-30H,2-4,20-23H2,1H3/t5-,6?,7?,8?,9?,10?,11?,12?,13?,14?,15?,16?,17?,18?,19?/m0/s1. The molecule has 34 heavy (non-hydrogen) atoms. The summed E-state index contributed by atoms with van der Waals surface area (Å²) >= 11 is 0. The summed E-state index contributed by atoms with van der Waals surface area (Å²) in [6.07, 6.45) is -15.4. The fraction of sp³-hybridized carbons (Fsp3) is 1.00. The minimum Gasteiger partial charge on any atom is -0.389 e. The first kappa shape index (κ1) is 28.0. The van der Waals surface area contributed by atoms with E-state index in [1.165, 1.54) is 0 Å². The van der Waals surface area contributed by atoms with E-state index in [4.69, 9.17) is 41.9 Å². The number of rotatable bonds is 7. The van der Waals surface area contributed by atoms with Crippen molar-refractivity contribution in [3.63, 3.8) is 0 Å². The second-order valence-corrected chi connectivity index (χ2v) is 9.16. The number of nitrogens with two attached hydrogens (primary N) is 4. The summed E-state index contributed by atoms with van der Waals surface area (Å²) < 4.78 is 22.7. The van der Waals surface area contributed by atoms with Crippen molar-refractivity contribution in [1.29, 1.82) is 0 Å². The fourth-order valence-electron chi connectivity index (χ4n) is 4.62. The van der Waals surface area contributed by atoms with Gasteiger partial charge in [0.1, 0.15) is 54.9 Å². The van der Waals surface area contributed by atoms with Crippen LogP contribution in [0.25, 0.3) is 0 Å². The number of hydrogen-bond acceptors (Lipinski definition) is 15. The number of hydrogen-bond donors (Lipinski definition) is 11. The summed E-state index contributed by atoms with van der Waals surface area (Å²) in [6.45, 7) is 0.0716. The van der Waals surface area contributed by atoms with Gasteiger partial charge in [0.05, 0.1) is 12.1 Å². The second-order valence-electron chi connectivity index (χ2n) is 9.16. The minimum absolute atomic E-state index is 0.123. The molecule has 0 aromatic heterocycles. The van der Waals surface area contributed by atoms with E-state index >= 15 is 0 Å². The summed E-state index contributed by atoms with van der Waals surface area (Å²) in [5, 5.41) is 64.9. The smallest absolute Gasteiger partial charge is 0.187 e. The molecule has 2 saturated heterocycles. The van der Waals surface area contributed by atoms with Gasteiger partial charge in [0.25, 0.3) is 0 Å². The Balaban J connectivity index is 1.72. The van der Waals surface area contributed by atoms with Crippen LogP contribution >= 0.6 is 0 Å². The molecule has 0 spiro atoms. The molecule has 3 aliphatic rings. The molecule has 0 amide bonds. The van der Waals surface area contributed by atoms with Crippen LogP contribution in [0, 0.1) is 0 Å². The summed E-state index contributed by atoms with van der Waals surface area (Å²) in [4.78, 5) is 0. The van der Waals surface area contributed by atoms with Crippen molar-refractivity contribution in [2.24, 2.45) is 22.9 Å². The Labute approximate surface area is 196 Å². The third-order valence-corrected chi connectivity index (χ3v) is 6.71. The van der Waals surface area contributed by atoms with E-state index in [9.17, 15) is 30.6 Å². The Kier molecular flexibility index (Phi) is 9.57. The SMILES string of the molecule is CNCC1OC(OC2C(O)C(OC3OC(CN)C(O)C(O)C3O)C(N)C[C@@H]2N)C(O)C(N)C1O. The van der Waals surface area contributed by atoms with Crippen molar-refractivity contribution in [3.05, 3.63) is 0 Å². The zero-order chi connectivity index (χ0) is 25.3. The van der Waals surface area contributed by atoms with Gasteiger partial charge in [-0.1, -0.05) is 0 Å². The number of likely N-dealkylation sites (N-methyl/N-ethyl adjacent to an activating group) is 1. The predicted molar refractivity (Wildman–Crippen MR) is 115 cm³/mol. The highest BCUT2D eigenvalue weighted by atomic mass is 16.7. The van der Waals surface area contributed by atoms with E-state index in [1.54, 1.807) is 7.05 Å². The number of aliphatic hydroxyl groups is 6. The van der Waals surface area contributed by atoms with Crippen LogP contribution in [0.2, 0.25) is 0 Å². The zero-order valence-corrected chi connectivity index (χ0v) is 18.9. The lowest BCUT2D eigenvalue weighted by Crippen LogP contribution is -2.68. The Morgan fingerprint density at radius 2 is 1.26 bits per heavy atom. The molecule has 0 aromatic rings. The molecule has 15 atom stereocenters. The van der Waals surface area contributed by atoms with Crippen LogP contribution in [0.1, 0.15) is 6.42 Å². The summed E-state index contributed by atoms with van der Waals surface area (Å²) in [7, 11) is 1.65. The first-order valence-corrected chi connectivity index (χ1v) is 11.3. The van der Waals surface area contributed by atoms with Crippen LogP contribution in [0.5, 0.6) is 0 Å². The van der Waals surface area contributed by atoms with Gasteiger partial charge in [-0.15, -0.1) is 0 Å². The first-order chi connectivity index (χ1) is 16.0. The lowest BCUT2D eigenvalue weighted by molar-refractivity contribution is -0.330. The lowest BCUT2D eigenvalue weighted by atomic mass is 9.84.